The van der Waals surface area contributed by atoms with Gasteiger partial charge in [0.25, 0.3) is 6.43 Å². The molecule has 1 aliphatic heterocycles. The molecule has 90 valence electrons. The first kappa shape index (κ1) is 12.2. The van der Waals surface area contributed by atoms with Crippen LogP contribution in [0.15, 0.2) is 12.4 Å². The van der Waals surface area contributed by atoms with Crippen LogP contribution in [0.25, 0.3) is 0 Å². The molecular weight excluding hydrogens is 327 g/mol. The van der Waals surface area contributed by atoms with Gasteiger partial charge in [0.2, 0.25) is 0 Å². The summed E-state index contributed by atoms with van der Waals surface area (Å²) < 4.78 is 27.4. The first-order valence-electron chi connectivity index (χ1n) is 5.32. The lowest BCUT2D eigenvalue weighted by molar-refractivity contribution is 0.0974. The Balaban J connectivity index is 1.80. The molecule has 1 atom stereocenters. The maximum absolute atomic E-state index is 12.2. The van der Waals surface area contributed by atoms with Crippen molar-refractivity contribution in [2.45, 2.75) is 19.4 Å². The topological polar surface area (TPSA) is 21.1 Å². The zero-order chi connectivity index (χ0) is 11.5. The molecule has 0 saturated carbocycles. The molecule has 0 aliphatic carbocycles. The summed E-state index contributed by atoms with van der Waals surface area (Å²) in [7, 11) is 0. The number of alkyl halides is 2. The van der Waals surface area contributed by atoms with Crippen LogP contribution in [0.2, 0.25) is 0 Å². The van der Waals surface area contributed by atoms with Crippen molar-refractivity contribution in [3.63, 3.8) is 0 Å². The van der Waals surface area contributed by atoms with Crippen LogP contribution >= 0.6 is 22.6 Å². The Morgan fingerprint density at radius 1 is 1.56 bits per heavy atom. The minimum atomic E-state index is -2.22. The van der Waals surface area contributed by atoms with Crippen LogP contribution in [0, 0.1) is 9.49 Å². The van der Waals surface area contributed by atoms with E-state index in [1.165, 1.54) is 0 Å². The van der Waals surface area contributed by atoms with Crippen LogP contribution in [0.4, 0.5) is 8.78 Å². The predicted molar refractivity (Wildman–Crippen MR) is 65.5 cm³/mol. The molecule has 3 nitrogen and oxygen atoms in total. The average Bonchev–Trinajstić information content (AvgIpc) is 2.76. The zero-order valence-corrected chi connectivity index (χ0v) is 11.0. The molecule has 1 aromatic rings. The van der Waals surface area contributed by atoms with Gasteiger partial charge in [-0.25, -0.2) is 8.78 Å². The molecule has 0 N–H and O–H groups in total. The van der Waals surface area contributed by atoms with Crippen molar-refractivity contribution in [1.82, 2.24) is 14.7 Å². The van der Waals surface area contributed by atoms with Crippen molar-refractivity contribution in [3.8, 4) is 0 Å². The third kappa shape index (κ3) is 3.38. The monoisotopic (exact) mass is 341 g/mol. The molecule has 0 radical (unpaired) electrons. The third-order valence-electron chi connectivity index (χ3n) is 2.81. The van der Waals surface area contributed by atoms with E-state index in [-0.39, 0.29) is 6.54 Å². The molecule has 16 heavy (non-hydrogen) atoms. The van der Waals surface area contributed by atoms with E-state index in [9.17, 15) is 8.78 Å². The van der Waals surface area contributed by atoms with E-state index in [4.69, 9.17) is 0 Å². The Labute approximate surface area is 107 Å². The minimum absolute atomic E-state index is 0.0901. The molecule has 1 fully saturated rings. The molecular formula is C10H14F2IN3. The van der Waals surface area contributed by atoms with Crippen LogP contribution in [0.1, 0.15) is 6.42 Å². The molecule has 1 aliphatic rings. The van der Waals surface area contributed by atoms with Crippen LogP contribution in [0.5, 0.6) is 0 Å². The quantitative estimate of drug-likeness (QED) is 0.782. The highest BCUT2D eigenvalue weighted by Gasteiger charge is 2.24. The third-order valence-corrected chi connectivity index (χ3v) is 3.37. The number of nitrogens with zero attached hydrogens (tertiary/aromatic N) is 3. The molecule has 1 saturated heterocycles. The van der Waals surface area contributed by atoms with Crippen LogP contribution in [-0.2, 0) is 6.54 Å². The molecule has 2 heterocycles. The second-order valence-electron chi connectivity index (χ2n) is 4.19. The summed E-state index contributed by atoms with van der Waals surface area (Å²) in [6.45, 7) is 2.30. The lowest BCUT2D eigenvalue weighted by Crippen LogP contribution is -2.27. The van der Waals surface area contributed by atoms with E-state index in [1.807, 2.05) is 22.0 Å². The SMILES string of the molecule is FC(F)CN1CCC(Cn2cc(I)cn2)C1. The summed E-state index contributed by atoms with van der Waals surface area (Å²) in [5, 5.41) is 4.21. The van der Waals surface area contributed by atoms with E-state index < -0.39 is 6.43 Å². The minimum Gasteiger partial charge on any atom is -0.297 e. The second-order valence-corrected chi connectivity index (χ2v) is 5.43. The summed E-state index contributed by atoms with van der Waals surface area (Å²) in [6, 6.07) is 0. The summed E-state index contributed by atoms with van der Waals surface area (Å²) >= 11 is 2.21. The Bertz CT molecular complexity index is 343. The van der Waals surface area contributed by atoms with Crippen molar-refractivity contribution in [1.29, 1.82) is 0 Å². The van der Waals surface area contributed by atoms with Crippen molar-refractivity contribution >= 4 is 22.6 Å². The summed E-state index contributed by atoms with van der Waals surface area (Å²) in [4.78, 5) is 1.84. The van der Waals surface area contributed by atoms with Crippen LogP contribution in [-0.4, -0.2) is 40.7 Å². The van der Waals surface area contributed by atoms with Crippen LogP contribution in [0.3, 0.4) is 0 Å². The molecule has 0 aromatic carbocycles. The lowest BCUT2D eigenvalue weighted by atomic mass is 10.1. The zero-order valence-electron chi connectivity index (χ0n) is 8.82. The van der Waals surface area contributed by atoms with E-state index in [0.29, 0.717) is 5.92 Å². The fourth-order valence-corrected chi connectivity index (χ4v) is 2.57. The molecule has 2 rings (SSSR count). The van der Waals surface area contributed by atoms with E-state index >= 15 is 0 Å². The number of aromatic nitrogens is 2. The fourth-order valence-electron chi connectivity index (χ4n) is 2.13. The predicted octanol–water partition coefficient (Wildman–Crippen LogP) is 2.07. The molecule has 1 aromatic heterocycles. The van der Waals surface area contributed by atoms with Gasteiger partial charge in [0.15, 0.2) is 0 Å². The normalized spacial score (nSPS) is 22.1. The van der Waals surface area contributed by atoms with Gasteiger partial charge in [0.1, 0.15) is 0 Å². The number of rotatable bonds is 4. The van der Waals surface area contributed by atoms with Gasteiger partial charge in [-0.15, -0.1) is 0 Å². The molecule has 0 bridgehead atoms. The standard InChI is InChI=1S/C10H14F2IN3/c11-10(12)7-15-2-1-8(4-15)5-16-6-9(13)3-14-16/h3,6,8,10H,1-2,4-5,7H2. The highest BCUT2D eigenvalue weighted by Crippen LogP contribution is 2.19. The van der Waals surface area contributed by atoms with Crippen LogP contribution < -0.4 is 0 Å². The first-order chi connectivity index (χ1) is 7.63. The van der Waals surface area contributed by atoms with Crippen molar-refractivity contribution in [2.75, 3.05) is 19.6 Å². The number of hydrogen-bond acceptors (Lipinski definition) is 2. The highest BCUT2D eigenvalue weighted by atomic mass is 127. The molecule has 0 spiro atoms. The van der Waals surface area contributed by atoms with Gasteiger partial charge in [-0.3, -0.25) is 9.58 Å². The smallest absolute Gasteiger partial charge is 0.251 e. The Hall–Kier alpha value is -0.240. The summed E-state index contributed by atoms with van der Waals surface area (Å²) in [6.07, 6.45) is 2.57. The van der Waals surface area contributed by atoms with Crippen molar-refractivity contribution in [2.24, 2.45) is 5.92 Å². The summed E-state index contributed by atoms with van der Waals surface area (Å²) in [5.41, 5.74) is 0. The van der Waals surface area contributed by atoms with Gasteiger partial charge in [0, 0.05) is 19.3 Å². The first-order valence-corrected chi connectivity index (χ1v) is 6.40. The van der Waals surface area contributed by atoms with Gasteiger partial charge in [-0.1, -0.05) is 0 Å². The van der Waals surface area contributed by atoms with E-state index in [2.05, 4.69) is 27.7 Å². The maximum atomic E-state index is 12.2. The van der Waals surface area contributed by atoms with Gasteiger partial charge >= 0.3 is 0 Å². The van der Waals surface area contributed by atoms with Gasteiger partial charge in [-0.2, -0.15) is 5.10 Å². The fraction of sp³-hybridized carbons (Fsp3) is 0.700. The second kappa shape index (κ2) is 5.39. The molecule has 0 amide bonds. The number of hydrogen-bond donors (Lipinski definition) is 0. The highest BCUT2D eigenvalue weighted by molar-refractivity contribution is 14.1. The van der Waals surface area contributed by atoms with Gasteiger partial charge < -0.3 is 0 Å². The van der Waals surface area contributed by atoms with Gasteiger partial charge in [-0.05, 0) is 41.5 Å². The lowest BCUT2D eigenvalue weighted by Gasteiger charge is -2.15. The average molecular weight is 341 g/mol. The number of halogens is 3. The summed E-state index contributed by atoms with van der Waals surface area (Å²) in [5.74, 6) is 0.453. The van der Waals surface area contributed by atoms with Gasteiger partial charge in [0.05, 0.1) is 16.3 Å². The molecule has 1 unspecified atom stereocenters. The van der Waals surface area contributed by atoms with Crippen molar-refractivity contribution in [3.05, 3.63) is 16.0 Å². The number of likely N-dealkylation sites (tertiary alicyclic amines) is 1. The maximum Gasteiger partial charge on any atom is 0.251 e. The van der Waals surface area contributed by atoms with Crippen molar-refractivity contribution < 1.29 is 8.78 Å². The largest absolute Gasteiger partial charge is 0.297 e. The van der Waals surface area contributed by atoms with E-state index in [0.717, 1.165) is 29.6 Å². The Kier molecular flexibility index (Phi) is 4.12. The van der Waals surface area contributed by atoms with E-state index in [1.54, 1.807) is 0 Å². The Morgan fingerprint density at radius 2 is 2.38 bits per heavy atom. The Morgan fingerprint density at radius 3 is 3.00 bits per heavy atom. The molecule has 6 heteroatoms.